The van der Waals surface area contributed by atoms with Crippen LogP contribution in [0, 0.1) is 6.92 Å². The van der Waals surface area contributed by atoms with Crippen LogP contribution in [0.3, 0.4) is 0 Å². The van der Waals surface area contributed by atoms with Crippen LogP contribution in [0.2, 0.25) is 5.02 Å². The molecule has 2 aromatic rings. The minimum atomic E-state index is -3.49. The molecule has 2 aromatic carbocycles. The quantitative estimate of drug-likeness (QED) is 0.685. The van der Waals surface area contributed by atoms with Crippen molar-refractivity contribution < 1.29 is 18.0 Å². The van der Waals surface area contributed by atoms with E-state index in [4.69, 9.17) is 11.6 Å². The van der Waals surface area contributed by atoms with Crippen molar-refractivity contribution in [3.63, 3.8) is 0 Å². The Hall–Kier alpha value is -2.42. The molecule has 2 amide bonds. The van der Waals surface area contributed by atoms with Crippen LogP contribution in [0.15, 0.2) is 47.4 Å². The van der Waals surface area contributed by atoms with Crippen LogP contribution in [0.5, 0.6) is 0 Å². The lowest BCUT2D eigenvalue weighted by molar-refractivity contribution is -0.136. The molecule has 0 spiro atoms. The van der Waals surface area contributed by atoms with Gasteiger partial charge in [0.15, 0.2) is 0 Å². The summed E-state index contributed by atoms with van der Waals surface area (Å²) in [7, 11) is -3.49. The average molecular weight is 450 g/mol. The van der Waals surface area contributed by atoms with E-state index in [-0.39, 0.29) is 11.4 Å². The number of hydrogen-bond acceptors (Lipinski definition) is 4. The van der Waals surface area contributed by atoms with Gasteiger partial charge in [0.2, 0.25) is 10.0 Å². The minimum absolute atomic E-state index is 0.102. The van der Waals surface area contributed by atoms with E-state index in [0.717, 1.165) is 24.8 Å². The maximum absolute atomic E-state index is 12.7. The normalized spacial score (nSPS) is 14.9. The molecule has 9 heteroatoms. The molecule has 0 unspecified atom stereocenters. The van der Waals surface area contributed by atoms with Gasteiger partial charge in [-0.3, -0.25) is 9.59 Å². The van der Waals surface area contributed by atoms with Gasteiger partial charge in [-0.25, -0.2) is 8.42 Å². The van der Waals surface area contributed by atoms with E-state index < -0.39 is 21.8 Å². The number of amides is 2. The first kappa shape index (κ1) is 22.3. The van der Waals surface area contributed by atoms with Crippen LogP contribution in [-0.2, 0) is 26.2 Å². The molecule has 0 atom stereocenters. The summed E-state index contributed by atoms with van der Waals surface area (Å²) in [5.41, 5.74) is 1.94. The highest BCUT2D eigenvalue weighted by Crippen LogP contribution is 2.21. The number of nitrogens with zero attached hydrogens (tertiary/aromatic N) is 1. The van der Waals surface area contributed by atoms with Gasteiger partial charge in [-0.15, -0.1) is 0 Å². The van der Waals surface area contributed by atoms with Crippen molar-refractivity contribution in [1.29, 1.82) is 0 Å². The Bertz CT molecular complexity index is 1030. The summed E-state index contributed by atoms with van der Waals surface area (Å²) in [6.07, 6.45) is 2.80. The first-order chi connectivity index (χ1) is 14.3. The maximum Gasteiger partial charge on any atom is 0.313 e. The molecule has 1 aliphatic rings. The number of rotatable bonds is 5. The lowest BCUT2D eigenvalue weighted by Crippen LogP contribution is -2.35. The zero-order valence-electron chi connectivity index (χ0n) is 16.7. The Morgan fingerprint density at radius 2 is 1.67 bits per heavy atom. The van der Waals surface area contributed by atoms with E-state index >= 15 is 0 Å². The van der Waals surface area contributed by atoms with Crippen LogP contribution in [0.4, 0.5) is 5.69 Å². The molecule has 7 nitrogen and oxygen atoms in total. The molecule has 0 radical (unpaired) electrons. The van der Waals surface area contributed by atoms with Crippen molar-refractivity contribution in [1.82, 2.24) is 9.62 Å². The highest BCUT2D eigenvalue weighted by atomic mass is 35.5. The largest absolute Gasteiger partial charge is 0.344 e. The molecular formula is C21H24ClN3O4S. The van der Waals surface area contributed by atoms with Gasteiger partial charge in [0.25, 0.3) is 0 Å². The Labute approximate surface area is 181 Å². The third-order valence-electron chi connectivity index (χ3n) is 4.98. The number of halogens is 1. The van der Waals surface area contributed by atoms with Gasteiger partial charge in [0.1, 0.15) is 0 Å². The number of carbonyl (C=O) groups is 2. The molecule has 1 fully saturated rings. The Morgan fingerprint density at radius 1 is 1.00 bits per heavy atom. The Kier molecular flexibility index (Phi) is 7.12. The van der Waals surface area contributed by atoms with Crippen molar-refractivity contribution in [3.8, 4) is 0 Å². The van der Waals surface area contributed by atoms with E-state index in [1.54, 1.807) is 37.3 Å². The van der Waals surface area contributed by atoms with Gasteiger partial charge in [-0.1, -0.05) is 36.2 Å². The standard InChI is InChI=1S/C21H24ClN3O4S/c1-15-5-8-17(22)13-19(15)24-21(27)20(26)23-14-16-6-9-18(10-7-16)30(28,29)25-11-3-2-4-12-25/h5-10,13H,2-4,11-12,14H2,1H3,(H,23,26)(H,24,27). The van der Waals surface area contributed by atoms with Gasteiger partial charge < -0.3 is 10.6 Å². The lowest BCUT2D eigenvalue weighted by atomic mass is 10.2. The van der Waals surface area contributed by atoms with Crippen LogP contribution in [0.25, 0.3) is 0 Å². The smallest absolute Gasteiger partial charge is 0.313 e. The zero-order chi connectivity index (χ0) is 21.7. The second kappa shape index (κ2) is 9.59. The summed E-state index contributed by atoms with van der Waals surface area (Å²) in [6, 6.07) is 11.3. The number of nitrogens with one attached hydrogen (secondary N) is 2. The summed E-state index contributed by atoms with van der Waals surface area (Å²) in [6.45, 7) is 2.98. The van der Waals surface area contributed by atoms with Gasteiger partial charge in [-0.2, -0.15) is 4.31 Å². The summed E-state index contributed by atoms with van der Waals surface area (Å²) in [5, 5.41) is 5.52. The highest BCUT2D eigenvalue weighted by Gasteiger charge is 2.25. The molecule has 1 aliphatic heterocycles. The van der Waals surface area contributed by atoms with E-state index in [0.29, 0.717) is 29.4 Å². The predicted molar refractivity (Wildman–Crippen MR) is 116 cm³/mol. The van der Waals surface area contributed by atoms with Crippen LogP contribution in [-0.4, -0.2) is 37.6 Å². The van der Waals surface area contributed by atoms with E-state index in [1.165, 1.54) is 16.4 Å². The third kappa shape index (κ3) is 5.38. The minimum Gasteiger partial charge on any atom is -0.344 e. The fourth-order valence-corrected chi connectivity index (χ4v) is 4.89. The molecule has 0 saturated carbocycles. The van der Waals surface area contributed by atoms with Gasteiger partial charge in [-0.05, 0) is 55.2 Å². The first-order valence-corrected chi connectivity index (χ1v) is 11.5. The Balaban J connectivity index is 1.57. The van der Waals surface area contributed by atoms with E-state index in [9.17, 15) is 18.0 Å². The summed E-state index contributed by atoms with van der Waals surface area (Å²) < 4.78 is 26.9. The number of sulfonamides is 1. The molecule has 1 heterocycles. The fraction of sp³-hybridized carbons (Fsp3) is 0.333. The molecule has 1 saturated heterocycles. The van der Waals surface area contributed by atoms with Crippen LogP contribution in [0.1, 0.15) is 30.4 Å². The number of anilines is 1. The number of carbonyl (C=O) groups excluding carboxylic acids is 2. The number of benzene rings is 2. The van der Waals surface area contributed by atoms with Crippen LogP contribution >= 0.6 is 11.6 Å². The first-order valence-electron chi connectivity index (χ1n) is 9.72. The lowest BCUT2D eigenvalue weighted by Gasteiger charge is -2.25. The Morgan fingerprint density at radius 3 is 2.33 bits per heavy atom. The van der Waals surface area contributed by atoms with Gasteiger partial charge in [0.05, 0.1) is 4.90 Å². The monoisotopic (exact) mass is 449 g/mol. The number of hydrogen-bond donors (Lipinski definition) is 2. The van der Waals surface area contributed by atoms with Crippen molar-refractivity contribution in [2.75, 3.05) is 18.4 Å². The van der Waals surface area contributed by atoms with Crippen molar-refractivity contribution >= 4 is 39.1 Å². The zero-order valence-corrected chi connectivity index (χ0v) is 18.2. The summed E-state index contributed by atoms with van der Waals surface area (Å²) >= 11 is 5.92. The molecule has 30 heavy (non-hydrogen) atoms. The topological polar surface area (TPSA) is 95.6 Å². The van der Waals surface area contributed by atoms with Gasteiger partial charge in [0, 0.05) is 30.3 Å². The highest BCUT2D eigenvalue weighted by molar-refractivity contribution is 7.89. The summed E-state index contributed by atoms with van der Waals surface area (Å²) in [5.74, 6) is -1.59. The molecule has 160 valence electrons. The molecule has 2 N–H and O–H groups in total. The SMILES string of the molecule is Cc1ccc(Cl)cc1NC(=O)C(=O)NCc1ccc(S(=O)(=O)N2CCCCC2)cc1. The third-order valence-corrected chi connectivity index (χ3v) is 7.13. The van der Waals surface area contributed by atoms with Crippen molar-refractivity contribution in [2.45, 2.75) is 37.6 Å². The molecule has 0 bridgehead atoms. The summed E-state index contributed by atoms with van der Waals surface area (Å²) in [4.78, 5) is 24.4. The van der Waals surface area contributed by atoms with Gasteiger partial charge >= 0.3 is 11.8 Å². The van der Waals surface area contributed by atoms with Crippen molar-refractivity contribution in [2.24, 2.45) is 0 Å². The fourth-order valence-electron chi connectivity index (χ4n) is 3.20. The molecule has 0 aliphatic carbocycles. The predicted octanol–water partition coefficient (Wildman–Crippen LogP) is 3.08. The van der Waals surface area contributed by atoms with Crippen molar-refractivity contribution in [3.05, 3.63) is 58.6 Å². The molecule has 3 rings (SSSR count). The van der Waals surface area contributed by atoms with Crippen LogP contribution < -0.4 is 10.6 Å². The number of piperidine rings is 1. The molecular weight excluding hydrogens is 426 g/mol. The van der Waals surface area contributed by atoms with E-state index in [1.807, 2.05) is 0 Å². The second-order valence-electron chi connectivity index (χ2n) is 7.20. The second-order valence-corrected chi connectivity index (χ2v) is 9.58. The van der Waals surface area contributed by atoms with E-state index in [2.05, 4.69) is 10.6 Å². The number of aryl methyl sites for hydroxylation is 1. The molecule has 0 aromatic heterocycles. The average Bonchev–Trinajstić information content (AvgIpc) is 2.75. The maximum atomic E-state index is 12.7.